The van der Waals surface area contributed by atoms with Gasteiger partial charge in [-0.3, -0.25) is 0 Å². The van der Waals surface area contributed by atoms with Gasteiger partial charge in [0, 0.05) is 23.7 Å². The molecule has 2 heterocycles. The van der Waals surface area contributed by atoms with E-state index in [0.29, 0.717) is 5.92 Å². The highest BCUT2D eigenvalue weighted by atomic mass is 14.9. The molecule has 1 N–H and O–H groups in total. The van der Waals surface area contributed by atoms with Crippen LogP contribution >= 0.6 is 0 Å². The van der Waals surface area contributed by atoms with Crippen molar-refractivity contribution >= 4 is 11.0 Å². The second-order valence-corrected chi connectivity index (χ2v) is 3.99. The van der Waals surface area contributed by atoms with Crippen molar-refractivity contribution in [2.24, 2.45) is 0 Å². The lowest BCUT2D eigenvalue weighted by molar-refractivity contribution is 0.671. The van der Waals surface area contributed by atoms with Gasteiger partial charge in [0.1, 0.15) is 11.5 Å². The van der Waals surface area contributed by atoms with Crippen LogP contribution in [-0.4, -0.2) is 15.0 Å². The maximum atomic E-state index is 4.55. The fourth-order valence-electron chi connectivity index (χ4n) is 2.23. The quantitative estimate of drug-likeness (QED) is 0.745. The number of hydrogen-bond donors (Lipinski definition) is 1. The lowest BCUT2D eigenvalue weighted by Gasteiger charge is -2.05. The second-order valence-electron chi connectivity index (χ2n) is 3.99. The molecule has 0 radical (unpaired) electrons. The predicted molar refractivity (Wildman–Crippen MR) is 55.1 cm³/mol. The summed E-state index contributed by atoms with van der Waals surface area (Å²) < 4.78 is 0. The molecule has 0 spiro atoms. The van der Waals surface area contributed by atoms with Gasteiger partial charge in [-0.25, -0.2) is 9.97 Å². The van der Waals surface area contributed by atoms with Crippen molar-refractivity contribution < 1.29 is 0 Å². The summed E-state index contributed by atoms with van der Waals surface area (Å²) in [6.07, 6.45) is 9.01. The van der Waals surface area contributed by atoms with Crippen LogP contribution in [0.5, 0.6) is 0 Å². The summed E-state index contributed by atoms with van der Waals surface area (Å²) in [7, 11) is 0. The van der Waals surface area contributed by atoms with Crippen LogP contribution in [0.2, 0.25) is 0 Å². The van der Waals surface area contributed by atoms with E-state index in [1.165, 1.54) is 25.7 Å². The van der Waals surface area contributed by atoms with Crippen molar-refractivity contribution in [3.8, 4) is 0 Å². The molecule has 0 bridgehead atoms. The van der Waals surface area contributed by atoms with Crippen LogP contribution in [0.3, 0.4) is 0 Å². The molecule has 2 aromatic heterocycles. The molecule has 3 rings (SSSR count). The molecule has 1 fully saturated rings. The van der Waals surface area contributed by atoms with Crippen LogP contribution in [0, 0.1) is 0 Å². The van der Waals surface area contributed by atoms with Crippen LogP contribution in [0.25, 0.3) is 11.0 Å². The zero-order valence-corrected chi connectivity index (χ0v) is 8.03. The van der Waals surface area contributed by atoms with E-state index in [9.17, 15) is 0 Å². The first kappa shape index (κ1) is 7.97. The average Bonchev–Trinajstić information content (AvgIpc) is 2.88. The van der Waals surface area contributed by atoms with Crippen LogP contribution in [-0.2, 0) is 0 Å². The van der Waals surface area contributed by atoms with E-state index in [0.717, 1.165) is 16.9 Å². The molecular weight excluding hydrogens is 174 g/mol. The van der Waals surface area contributed by atoms with E-state index >= 15 is 0 Å². The molecule has 3 heteroatoms. The Balaban J connectivity index is 2.04. The van der Waals surface area contributed by atoms with Crippen LogP contribution in [0.1, 0.15) is 37.4 Å². The highest BCUT2D eigenvalue weighted by molar-refractivity contribution is 5.73. The van der Waals surface area contributed by atoms with Crippen LogP contribution in [0.15, 0.2) is 18.5 Å². The largest absolute Gasteiger partial charge is 0.346 e. The number of aromatic nitrogens is 3. The third-order valence-corrected chi connectivity index (χ3v) is 3.04. The van der Waals surface area contributed by atoms with Gasteiger partial charge in [-0.05, 0) is 18.9 Å². The molecule has 0 aliphatic heterocycles. The molecule has 72 valence electrons. The fourth-order valence-corrected chi connectivity index (χ4v) is 2.23. The molecule has 1 saturated carbocycles. The smallest absolute Gasteiger partial charge is 0.141 e. The van der Waals surface area contributed by atoms with E-state index in [1.54, 1.807) is 0 Å². The van der Waals surface area contributed by atoms with E-state index in [-0.39, 0.29) is 0 Å². The summed E-state index contributed by atoms with van der Waals surface area (Å²) in [5.41, 5.74) is 0.974. The average molecular weight is 187 g/mol. The number of H-pyrrole nitrogens is 1. The first-order valence-electron chi connectivity index (χ1n) is 5.23. The first-order chi connectivity index (χ1) is 6.93. The van der Waals surface area contributed by atoms with Gasteiger partial charge in [-0.2, -0.15) is 0 Å². The highest BCUT2D eigenvalue weighted by Gasteiger charge is 2.19. The van der Waals surface area contributed by atoms with Gasteiger partial charge in [-0.1, -0.05) is 12.8 Å². The van der Waals surface area contributed by atoms with Gasteiger partial charge < -0.3 is 4.98 Å². The molecule has 1 aliphatic carbocycles. The molecule has 1 aliphatic rings. The second kappa shape index (κ2) is 3.08. The third-order valence-electron chi connectivity index (χ3n) is 3.04. The Morgan fingerprint density at radius 1 is 1.29 bits per heavy atom. The Morgan fingerprint density at radius 3 is 3.00 bits per heavy atom. The van der Waals surface area contributed by atoms with Gasteiger partial charge >= 0.3 is 0 Å². The molecule has 0 aromatic carbocycles. The number of nitrogens with one attached hydrogen (secondary N) is 1. The minimum absolute atomic E-state index is 0.600. The summed E-state index contributed by atoms with van der Waals surface area (Å²) in [5.74, 6) is 1.63. The Morgan fingerprint density at radius 2 is 2.14 bits per heavy atom. The molecule has 0 amide bonds. The van der Waals surface area contributed by atoms with Gasteiger partial charge in [0.25, 0.3) is 0 Å². The zero-order chi connectivity index (χ0) is 9.38. The molecule has 0 saturated heterocycles. The van der Waals surface area contributed by atoms with Crippen LogP contribution in [0.4, 0.5) is 0 Å². The van der Waals surface area contributed by atoms with Gasteiger partial charge in [0.2, 0.25) is 0 Å². The van der Waals surface area contributed by atoms with Crippen molar-refractivity contribution in [3.05, 3.63) is 24.3 Å². The number of rotatable bonds is 1. The molecule has 3 nitrogen and oxygen atoms in total. The molecule has 0 atom stereocenters. The normalized spacial score (nSPS) is 18.0. The Bertz CT molecular complexity index is 440. The Kier molecular flexibility index (Phi) is 1.76. The summed E-state index contributed by atoms with van der Waals surface area (Å²) in [4.78, 5) is 12.1. The topological polar surface area (TPSA) is 41.6 Å². The molecule has 2 aromatic rings. The van der Waals surface area contributed by atoms with Gasteiger partial charge in [0.05, 0.1) is 0 Å². The molecule has 0 unspecified atom stereocenters. The lowest BCUT2D eigenvalue weighted by atomic mass is 10.1. The number of hydrogen-bond acceptors (Lipinski definition) is 2. The summed E-state index contributed by atoms with van der Waals surface area (Å²) >= 11 is 0. The summed E-state index contributed by atoms with van der Waals surface area (Å²) in [5, 5.41) is 1.10. The zero-order valence-electron chi connectivity index (χ0n) is 8.03. The van der Waals surface area contributed by atoms with E-state index in [4.69, 9.17) is 0 Å². The fraction of sp³-hybridized carbons (Fsp3) is 0.455. The Hall–Kier alpha value is -1.38. The molecular formula is C11H13N3. The maximum absolute atomic E-state index is 4.55. The van der Waals surface area contributed by atoms with Crippen molar-refractivity contribution in [1.82, 2.24) is 15.0 Å². The summed E-state index contributed by atoms with van der Waals surface area (Å²) in [6.45, 7) is 0. The predicted octanol–water partition coefficient (Wildman–Crippen LogP) is 2.62. The van der Waals surface area contributed by atoms with Gasteiger partial charge in [-0.15, -0.1) is 0 Å². The first-order valence-corrected chi connectivity index (χ1v) is 5.23. The van der Waals surface area contributed by atoms with Gasteiger partial charge in [0.15, 0.2) is 0 Å². The minimum Gasteiger partial charge on any atom is -0.346 e. The van der Waals surface area contributed by atoms with Crippen molar-refractivity contribution in [2.45, 2.75) is 31.6 Å². The Labute approximate surface area is 82.6 Å². The molecule has 14 heavy (non-hydrogen) atoms. The monoisotopic (exact) mass is 187 g/mol. The summed E-state index contributed by atoms with van der Waals surface area (Å²) in [6, 6.07) is 2.01. The van der Waals surface area contributed by atoms with Crippen molar-refractivity contribution in [1.29, 1.82) is 0 Å². The van der Waals surface area contributed by atoms with Crippen molar-refractivity contribution in [3.63, 3.8) is 0 Å². The third kappa shape index (κ3) is 1.20. The van der Waals surface area contributed by atoms with Crippen LogP contribution < -0.4 is 0 Å². The highest BCUT2D eigenvalue weighted by Crippen LogP contribution is 2.32. The van der Waals surface area contributed by atoms with E-state index < -0.39 is 0 Å². The number of aromatic amines is 1. The standard InChI is InChI=1S/C11H13N3/c1-2-4-8(3-1)10-13-7-9-5-6-12-11(9)14-10/h5-8H,1-4H2,(H,12,13,14). The number of fused-ring (bicyclic) bond motifs is 1. The maximum Gasteiger partial charge on any atom is 0.141 e. The SMILES string of the molecule is c1cc2cnc(C3CCCC3)nc2[nH]1. The lowest BCUT2D eigenvalue weighted by Crippen LogP contribution is -1.99. The van der Waals surface area contributed by atoms with E-state index in [1.807, 2.05) is 18.5 Å². The van der Waals surface area contributed by atoms with Crippen molar-refractivity contribution in [2.75, 3.05) is 0 Å². The minimum atomic E-state index is 0.600. The number of nitrogens with zero attached hydrogens (tertiary/aromatic N) is 2. The van der Waals surface area contributed by atoms with E-state index in [2.05, 4.69) is 15.0 Å².